The predicted molar refractivity (Wildman–Crippen MR) is 41.0 cm³/mol. The van der Waals surface area contributed by atoms with E-state index in [1.807, 2.05) is 0 Å². The standard InChI is InChI=1S/C9H14F2O/c10-9(11)5-7(9)4-6-2-1-3-8(6)12/h6-8,12H,1-5H2. The van der Waals surface area contributed by atoms with E-state index in [4.69, 9.17) is 0 Å². The summed E-state index contributed by atoms with van der Waals surface area (Å²) in [6.07, 6.45) is 3.03. The summed E-state index contributed by atoms with van der Waals surface area (Å²) in [6.45, 7) is 0. The Hall–Kier alpha value is -0.180. The average Bonchev–Trinajstić information content (AvgIpc) is 2.39. The van der Waals surface area contributed by atoms with Gasteiger partial charge in [0.15, 0.2) is 0 Å². The third kappa shape index (κ3) is 1.47. The normalized spacial score (nSPS) is 44.8. The highest BCUT2D eigenvalue weighted by Gasteiger charge is 2.57. The second-order valence-electron chi connectivity index (χ2n) is 4.16. The molecule has 0 amide bonds. The fourth-order valence-electron chi connectivity index (χ4n) is 2.18. The SMILES string of the molecule is OC1CCCC1CC1CC1(F)F. The van der Waals surface area contributed by atoms with Crippen molar-refractivity contribution in [2.75, 3.05) is 0 Å². The van der Waals surface area contributed by atoms with E-state index in [1.54, 1.807) is 0 Å². The van der Waals surface area contributed by atoms with Crippen molar-refractivity contribution in [3.05, 3.63) is 0 Å². The van der Waals surface area contributed by atoms with Gasteiger partial charge in [-0.25, -0.2) is 8.78 Å². The maximum atomic E-state index is 12.5. The van der Waals surface area contributed by atoms with Crippen LogP contribution in [0.4, 0.5) is 8.78 Å². The fourth-order valence-corrected chi connectivity index (χ4v) is 2.18. The van der Waals surface area contributed by atoms with Crippen LogP contribution < -0.4 is 0 Å². The van der Waals surface area contributed by atoms with Gasteiger partial charge in [-0.1, -0.05) is 6.42 Å². The number of aliphatic hydroxyl groups excluding tert-OH is 1. The van der Waals surface area contributed by atoms with Crippen molar-refractivity contribution >= 4 is 0 Å². The van der Waals surface area contributed by atoms with Crippen molar-refractivity contribution in [2.45, 2.75) is 44.1 Å². The molecule has 12 heavy (non-hydrogen) atoms. The third-order valence-electron chi connectivity index (χ3n) is 3.16. The lowest BCUT2D eigenvalue weighted by Gasteiger charge is -2.12. The summed E-state index contributed by atoms with van der Waals surface area (Å²) >= 11 is 0. The summed E-state index contributed by atoms with van der Waals surface area (Å²) in [5.74, 6) is -2.67. The quantitative estimate of drug-likeness (QED) is 0.683. The first-order valence-corrected chi connectivity index (χ1v) is 4.65. The summed E-state index contributed by atoms with van der Waals surface area (Å²) in [5.41, 5.74) is 0. The van der Waals surface area contributed by atoms with Crippen LogP contribution in [0, 0.1) is 11.8 Å². The molecule has 3 unspecified atom stereocenters. The zero-order valence-electron chi connectivity index (χ0n) is 6.97. The van der Waals surface area contributed by atoms with Gasteiger partial charge in [0, 0.05) is 12.3 Å². The largest absolute Gasteiger partial charge is 0.393 e. The molecule has 0 aromatic rings. The van der Waals surface area contributed by atoms with Gasteiger partial charge in [-0.2, -0.15) is 0 Å². The van der Waals surface area contributed by atoms with Crippen LogP contribution in [0.2, 0.25) is 0 Å². The van der Waals surface area contributed by atoms with Crippen molar-refractivity contribution in [3.8, 4) is 0 Å². The highest BCUT2D eigenvalue weighted by atomic mass is 19.3. The molecule has 1 N–H and O–H groups in total. The lowest BCUT2D eigenvalue weighted by Crippen LogP contribution is -2.14. The first-order valence-electron chi connectivity index (χ1n) is 4.65. The number of aliphatic hydroxyl groups is 1. The Morgan fingerprint density at radius 1 is 1.33 bits per heavy atom. The van der Waals surface area contributed by atoms with E-state index in [9.17, 15) is 13.9 Å². The first-order chi connectivity index (χ1) is 5.59. The third-order valence-corrected chi connectivity index (χ3v) is 3.16. The van der Waals surface area contributed by atoms with Crippen molar-refractivity contribution in [1.82, 2.24) is 0 Å². The summed E-state index contributed by atoms with van der Waals surface area (Å²) in [6, 6.07) is 0. The average molecular weight is 176 g/mol. The van der Waals surface area contributed by atoms with Gasteiger partial charge in [-0.3, -0.25) is 0 Å². The van der Waals surface area contributed by atoms with E-state index in [1.165, 1.54) is 0 Å². The van der Waals surface area contributed by atoms with Crippen LogP contribution in [0.3, 0.4) is 0 Å². The molecule has 2 aliphatic rings. The van der Waals surface area contributed by atoms with Gasteiger partial charge in [0.25, 0.3) is 5.92 Å². The van der Waals surface area contributed by atoms with Crippen LogP contribution in [0.15, 0.2) is 0 Å². The van der Waals surface area contributed by atoms with Gasteiger partial charge in [-0.05, 0) is 25.2 Å². The second kappa shape index (κ2) is 2.66. The van der Waals surface area contributed by atoms with E-state index < -0.39 is 11.8 Å². The van der Waals surface area contributed by atoms with Crippen LogP contribution in [-0.2, 0) is 0 Å². The molecule has 0 bridgehead atoms. The molecular weight excluding hydrogens is 162 g/mol. The highest BCUT2D eigenvalue weighted by Crippen LogP contribution is 2.53. The van der Waals surface area contributed by atoms with E-state index >= 15 is 0 Å². The zero-order chi connectivity index (χ0) is 8.77. The van der Waals surface area contributed by atoms with Gasteiger partial charge in [-0.15, -0.1) is 0 Å². The molecule has 2 fully saturated rings. The molecular formula is C9H14F2O. The molecule has 2 rings (SSSR count). The number of rotatable bonds is 2. The molecule has 0 aromatic heterocycles. The molecule has 3 atom stereocenters. The number of alkyl halides is 2. The van der Waals surface area contributed by atoms with Crippen LogP contribution in [0.1, 0.15) is 32.1 Å². The van der Waals surface area contributed by atoms with Crippen LogP contribution >= 0.6 is 0 Å². The molecule has 1 nitrogen and oxygen atoms in total. The Kier molecular flexibility index (Phi) is 1.86. The smallest absolute Gasteiger partial charge is 0.251 e. The molecule has 0 heterocycles. The minimum atomic E-state index is -2.40. The minimum Gasteiger partial charge on any atom is -0.393 e. The van der Waals surface area contributed by atoms with E-state index in [2.05, 4.69) is 0 Å². The van der Waals surface area contributed by atoms with Gasteiger partial charge < -0.3 is 5.11 Å². The van der Waals surface area contributed by atoms with Crippen LogP contribution in [-0.4, -0.2) is 17.1 Å². The molecule has 0 spiro atoms. The molecule has 70 valence electrons. The van der Waals surface area contributed by atoms with E-state index in [0.29, 0.717) is 6.42 Å². The molecule has 0 radical (unpaired) electrons. The van der Waals surface area contributed by atoms with Crippen LogP contribution in [0.5, 0.6) is 0 Å². The Labute approximate surface area is 70.8 Å². The summed E-state index contributed by atoms with van der Waals surface area (Å²) in [4.78, 5) is 0. The van der Waals surface area contributed by atoms with Gasteiger partial charge in [0.1, 0.15) is 0 Å². The summed E-state index contributed by atoms with van der Waals surface area (Å²) in [7, 11) is 0. The van der Waals surface area contributed by atoms with Gasteiger partial charge >= 0.3 is 0 Å². The lowest BCUT2D eigenvalue weighted by molar-refractivity contribution is 0.0777. The molecule has 0 aromatic carbocycles. The summed E-state index contributed by atoms with van der Waals surface area (Å²) in [5, 5.41) is 9.39. The molecule has 3 heteroatoms. The maximum Gasteiger partial charge on any atom is 0.251 e. The van der Waals surface area contributed by atoms with Crippen molar-refractivity contribution < 1.29 is 13.9 Å². The molecule has 2 aliphatic carbocycles. The maximum absolute atomic E-state index is 12.5. The second-order valence-corrected chi connectivity index (χ2v) is 4.16. The monoisotopic (exact) mass is 176 g/mol. The zero-order valence-corrected chi connectivity index (χ0v) is 6.97. The van der Waals surface area contributed by atoms with Gasteiger partial charge in [0.2, 0.25) is 0 Å². The van der Waals surface area contributed by atoms with E-state index in [-0.39, 0.29) is 18.4 Å². The number of hydrogen-bond acceptors (Lipinski definition) is 1. The topological polar surface area (TPSA) is 20.2 Å². The first kappa shape index (κ1) is 8.42. The molecule has 0 aliphatic heterocycles. The van der Waals surface area contributed by atoms with Crippen LogP contribution in [0.25, 0.3) is 0 Å². The molecule has 2 saturated carbocycles. The Morgan fingerprint density at radius 3 is 2.42 bits per heavy atom. The van der Waals surface area contributed by atoms with Crippen molar-refractivity contribution in [1.29, 1.82) is 0 Å². The highest BCUT2D eigenvalue weighted by molar-refractivity contribution is 4.97. The number of halogens is 2. The summed E-state index contributed by atoms with van der Waals surface area (Å²) < 4.78 is 25.0. The number of hydrogen-bond donors (Lipinski definition) is 1. The predicted octanol–water partition coefficient (Wildman–Crippen LogP) is 2.19. The minimum absolute atomic E-state index is 0.0518. The Morgan fingerprint density at radius 2 is 2.00 bits per heavy atom. The van der Waals surface area contributed by atoms with Crippen molar-refractivity contribution in [2.24, 2.45) is 11.8 Å². The van der Waals surface area contributed by atoms with E-state index in [0.717, 1.165) is 19.3 Å². The fraction of sp³-hybridized carbons (Fsp3) is 1.00. The molecule has 0 saturated heterocycles. The lowest BCUT2D eigenvalue weighted by atomic mass is 9.99. The Bertz CT molecular complexity index is 181. The Balaban J connectivity index is 1.80. The van der Waals surface area contributed by atoms with Crippen molar-refractivity contribution in [3.63, 3.8) is 0 Å². The van der Waals surface area contributed by atoms with Gasteiger partial charge in [0.05, 0.1) is 6.10 Å².